The zero-order chi connectivity index (χ0) is 8.10. The summed E-state index contributed by atoms with van der Waals surface area (Å²) < 4.78 is 5.29. The fraction of sp³-hybridized carbons (Fsp3) is 0.750. The minimum atomic E-state index is 0.378. The zero-order valence-electron chi connectivity index (χ0n) is 6.63. The fourth-order valence-electron chi connectivity index (χ4n) is 1.24. The van der Waals surface area contributed by atoms with E-state index in [1.54, 1.807) is 0 Å². The molecule has 64 valence electrons. The zero-order valence-corrected chi connectivity index (χ0v) is 7.39. The minimum absolute atomic E-state index is 0.378. The van der Waals surface area contributed by atoms with Gasteiger partial charge in [0.05, 0.1) is 13.2 Å². The first kappa shape index (κ1) is 9.04. The number of hydrogen-bond donors (Lipinski definition) is 0. The summed E-state index contributed by atoms with van der Waals surface area (Å²) in [7, 11) is 0. The molecule has 0 bridgehead atoms. The minimum Gasteiger partial charge on any atom is -0.378 e. The van der Waals surface area contributed by atoms with E-state index in [1.165, 1.54) is 0 Å². The van der Waals surface area contributed by atoms with Gasteiger partial charge in [0.25, 0.3) is 0 Å². The number of ether oxygens (including phenoxy) is 1. The molecule has 0 saturated carbocycles. The summed E-state index contributed by atoms with van der Waals surface area (Å²) in [5, 5.41) is 0. The van der Waals surface area contributed by atoms with Gasteiger partial charge in [-0.2, -0.15) is 0 Å². The molecule has 0 aromatic rings. The number of rotatable bonds is 3. The molecule has 1 atom stereocenters. The Morgan fingerprint density at radius 1 is 1.73 bits per heavy atom. The third-order valence-electron chi connectivity index (χ3n) is 1.89. The van der Waals surface area contributed by atoms with Gasteiger partial charge >= 0.3 is 0 Å². The average molecular weight is 176 g/mol. The van der Waals surface area contributed by atoms with E-state index in [-0.39, 0.29) is 0 Å². The normalized spacial score (nSPS) is 26.8. The Balaban J connectivity index is 2.37. The average Bonchev–Trinajstić information content (AvgIpc) is 2.06. The van der Waals surface area contributed by atoms with Gasteiger partial charge < -0.3 is 4.74 Å². The molecule has 0 aromatic carbocycles. The van der Waals surface area contributed by atoms with Crippen molar-refractivity contribution in [1.82, 2.24) is 4.90 Å². The van der Waals surface area contributed by atoms with Crippen LogP contribution in [-0.4, -0.2) is 43.1 Å². The molecule has 2 nitrogen and oxygen atoms in total. The first-order valence-corrected chi connectivity index (χ1v) is 4.40. The molecule has 1 heterocycles. The largest absolute Gasteiger partial charge is 0.378 e. The van der Waals surface area contributed by atoms with E-state index in [4.69, 9.17) is 16.3 Å². The van der Waals surface area contributed by atoms with Crippen molar-refractivity contribution in [3.8, 4) is 0 Å². The second-order valence-electron chi connectivity index (χ2n) is 2.67. The van der Waals surface area contributed by atoms with Gasteiger partial charge in [-0.3, -0.25) is 4.90 Å². The van der Waals surface area contributed by atoms with Crippen molar-refractivity contribution >= 4 is 11.6 Å². The molecule has 0 amide bonds. The molecule has 0 aromatic heterocycles. The molecule has 1 saturated heterocycles. The Hall–Kier alpha value is -0.0500. The smallest absolute Gasteiger partial charge is 0.0634 e. The maximum absolute atomic E-state index is 5.75. The molecule has 1 unspecified atom stereocenters. The summed E-state index contributed by atoms with van der Waals surface area (Å²) in [5.41, 5.74) is 0. The number of morpholine rings is 1. The summed E-state index contributed by atoms with van der Waals surface area (Å²) in [6, 6.07) is 0.378. The van der Waals surface area contributed by atoms with Crippen molar-refractivity contribution in [1.29, 1.82) is 0 Å². The lowest BCUT2D eigenvalue weighted by molar-refractivity contribution is 0.00691. The SMILES string of the molecule is C=CCN1CCOCC1CCl. The van der Waals surface area contributed by atoms with Gasteiger partial charge in [-0.1, -0.05) is 6.08 Å². The van der Waals surface area contributed by atoms with Crippen LogP contribution in [0.2, 0.25) is 0 Å². The van der Waals surface area contributed by atoms with Crippen LogP contribution >= 0.6 is 11.6 Å². The van der Waals surface area contributed by atoms with Crippen LogP contribution in [0.15, 0.2) is 12.7 Å². The predicted molar refractivity (Wildman–Crippen MR) is 47.1 cm³/mol. The number of hydrogen-bond acceptors (Lipinski definition) is 2. The Morgan fingerprint density at radius 3 is 3.18 bits per heavy atom. The Kier molecular flexibility index (Phi) is 3.91. The molecule has 0 spiro atoms. The summed E-state index contributed by atoms with van der Waals surface area (Å²) in [6.45, 7) is 7.17. The molecule has 0 aliphatic carbocycles. The summed E-state index contributed by atoms with van der Waals surface area (Å²) in [4.78, 5) is 2.30. The standard InChI is InChI=1S/C8H14ClNO/c1-2-3-10-4-5-11-7-8(10)6-9/h2,8H,1,3-7H2. The summed E-state index contributed by atoms with van der Waals surface area (Å²) in [5.74, 6) is 0.647. The van der Waals surface area contributed by atoms with Gasteiger partial charge in [0.15, 0.2) is 0 Å². The van der Waals surface area contributed by atoms with E-state index in [0.717, 1.165) is 26.3 Å². The highest BCUT2D eigenvalue weighted by Gasteiger charge is 2.20. The second-order valence-corrected chi connectivity index (χ2v) is 2.98. The maximum Gasteiger partial charge on any atom is 0.0634 e. The molecule has 11 heavy (non-hydrogen) atoms. The predicted octanol–water partition coefficient (Wildman–Crippen LogP) is 1.11. The molecule has 0 N–H and O–H groups in total. The van der Waals surface area contributed by atoms with Crippen LogP contribution < -0.4 is 0 Å². The van der Waals surface area contributed by atoms with Crippen LogP contribution in [0.3, 0.4) is 0 Å². The van der Waals surface area contributed by atoms with Crippen molar-refractivity contribution in [2.24, 2.45) is 0 Å². The van der Waals surface area contributed by atoms with E-state index >= 15 is 0 Å². The topological polar surface area (TPSA) is 12.5 Å². The fourth-order valence-corrected chi connectivity index (χ4v) is 1.52. The van der Waals surface area contributed by atoms with Gasteiger partial charge in [0, 0.05) is 25.0 Å². The van der Waals surface area contributed by atoms with Crippen LogP contribution in [0.25, 0.3) is 0 Å². The van der Waals surface area contributed by atoms with Crippen molar-refractivity contribution in [3.05, 3.63) is 12.7 Å². The van der Waals surface area contributed by atoms with Crippen molar-refractivity contribution in [2.45, 2.75) is 6.04 Å². The number of nitrogens with zero attached hydrogens (tertiary/aromatic N) is 1. The first-order valence-electron chi connectivity index (χ1n) is 3.87. The first-order chi connectivity index (χ1) is 5.38. The van der Waals surface area contributed by atoms with Gasteiger partial charge in [0.1, 0.15) is 0 Å². The van der Waals surface area contributed by atoms with Crippen LogP contribution in [0.1, 0.15) is 0 Å². The molecule has 1 aliphatic rings. The summed E-state index contributed by atoms with van der Waals surface area (Å²) >= 11 is 5.75. The van der Waals surface area contributed by atoms with Crippen LogP contribution in [0.5, 0.6) is 0 Å². The highest BCUT2D eigenvalue weighted by molar-refractivity contribution is 6.18. The number of alkyl halides is 1. The molecule has 1 fully saturated rings. The molecule has 1 aliphatic heterocycles. The molecule has 3 heteroatoms. The van der Waals surface area contributed by atoms with Crippen LogP contribution in [0.4, 0.5) is 0 Å². The lowest BCUT2D eigenvalue weighted by Crippen LogP contribution is -2.46. The Bertz CT molecular complexity index is 129. The molecule has 1 rings (SSSR count). The van der Waals surface area contributed by atoms with Crippen molar-refractivity contribution < 1.29 is 4.74 Å². The van der Waals surface area contributed by atoms with Crippen LogP contribution in [0, 0.1) is 0 Å². The van der Waals surface area contributed by atoms with Crippen LogP contribution in [-0.2, 0) is 4.74 Å². The maximum atomic E-state index is 5.75. The Labute approximate surface area is 72.8 Å². The van der Waals surface area contributed by atoms with Gasteiger partial charge in [-0.15, -0.1) is 18.2 Å². The molecule has 0 radical (unpaired) electrons. The molecular formula is C8H14ClNO. The highest BCUT2D eigenvalue weighted by Crippen LogP contribution is 2.07. The van der Waals surface area contributed by atoms with Crippen molar-refractivity contribution in [2.75, 3.05) is 32.2 Å². The Morgan fingerprint density at radius 2 is 2.55 bits per heavy atom. The third-order valence-corrected chi connectivity index (χ3v) is 2.25. The number of halogens is 1. The van der Waals surface area contributed by atoms with Gasteiger partial charge in [0.2, 0.25) is 0 Å². The third kappa shape index (κ3) is 2.47. The van der Waals surface area contributed by atoms with E-state index in [9.17, 15) is 0 Å². The lowest BCUT2D eigenvalue weighted by Gasteiger charge is -2.33. The second kappa shape index (κ2) is 4.75. The van der Waals surface area contributed by atoms with E-state index in [2.05, 4.69) is 11.5 Å². The van der Waals surface area contributed by atoms with E-state index < -0.39 is 0 Å². The van der Waals surface area contributed by atoms with Gasteiger partial charge in [-0.25, -0.2) is 0 Å². The van der Waals surface area contributed by atoms with Crippen molar-refractivity contribution in [3.63, 3.8) is 0 Å². The molecular weight excluding hydrogens is 162 g/mol. The van der Waals surface area contributed by atoms with E-state index in [1.807, 2.05) is 6.08 Å². The van der Waals surface area contributed by atoms with Gasteiger partial charge in [-0.05, 0) is 0 Å². The lowest BCUT2D eigenvalue weighted by atomic mass is 10.2. The monoisotopic (exact) mass is 175 g/mol. The van der Waals surface area contributed by atoms with E-state index in [0.29, 0.717) is 11.9 Å². The highest BCUT2D eigenvalue weighted by atomic mass is 35.5. The quantitative estimate of drug-likeness (QED) is 0.471. The summed E-state index contributed by atoms with van der Waals surface area (Å²) in [6.07, 6.45) is 1.91.